The molecular formula is C21H22F3N3O. The molecule has 1 aliphatic heterocycles. The van der Waals surface area contributed by atoms with E-state index in [1.165, 1.54) is 24.6 Å². The number of amides is 1. The van der Waals surface area contributed by atoms with Crippen molar-refractivity contribution in [2.24, 2.45) is 0 Å². The summed E-state index contributed by atoms with van der Waals surface area (Å²) in [4.78, 5) is 17.9. The summed E-state index contributed by atoms with van der Waals surface area (Å²) in [7, 11) is 0. The van der Waals surface area contributed by atoms with Crippen LogP contribution in [0.5, 0.6) is 0 Å². The number of nitrogens with zero attached hydrogens (tertiary/aromatic N) is 2. The highest BCUT2D eigenvalue weighted by Gasteiger charge is 2.32. The highest BCUT2D eigenvalue weighted by Crippen LogP contribution is 2.39. The summed E-state index contributed by atoms with van der Waals surface area (Å²) in [6, 6.07) is 9.23. The van der Waals surface area contributed by atoms with E-state index in [1.54, 1.807) is 0 Å². The van der Waals surface area contributed by atoms with Gasteiger partial charge in [0.25, 0.3) is 0 Å². The molecule has 4 rings (SSSR count). The maximum absolute atomic E-state index is 12.9. The Morgan fingerprint density at radius 3 is 2.57 bits per heavy atom. The van der Waals surface area contributed by atoms with Gasteiger partial charge in [-0.1, -0.05) is 24.3 Å². The molecule has 4 nitrogen and oxygen atoms in total. The van der Waals surface area contributed by atoms with E-state index in [0.29, 0.717) is 37.5 Å². The lowest BCUT2D eigenvalue weighted by Crippen LogP contribution is -2.38. The third-order valence-corrected chi connectivity index (χ3v) is 5.36. The summed E-state index contributed by atoms with van der Waals surface area (Å²) in [5, 5.41) is 3.00. The van der Waals surface area contributed by atoms with Gasteiger partial charge in [0.1, 0.15) is 0 Å². The molecule has 7 heteroatoms. The SMILES string of the molecule is O=C(Cc1ccc(C2CC2)cc1)NC1CCN(c2cncc(C(F)(F)F)c2)C1. The van der Waals surface area contributed by atoms with Crippen molar-refractivity contribution in [1.82, 2.24) is 10.3 Å². The lowest BCUT2D eigenvalue weighted by Gasteiger charge is -2.20. The highest BCUT2D eigenvalue weighted by atomic mass is 19.4. The molecule has 2 aromatic rings. The Labute approximate surface area is 161 Å². The van der Waals surface area contributed by atoms with Gasteiger partial charge >= 0.3 is 6.18 Å². The maximum atomic E-state index is 12.9. The number of aromatic nitrogens is 1. The van der Waals surface area contributed by atoms with Crippen LogP contribution in [0, 0.1) is 0 Å². The van der Waals surface area contributed by atoms with Crippen LogP contribution in [-0.2, 0) is 17.4 Å². The summed E-state index contributed by atoms with van der Waals surface area (Å²) >= 11 is 0. The number of benzene rings is 1. The Morgan fingerprint density at radius 1 is 1.14 bits per heavy atom. The van der Waals surface area contributed by atoms with Gasteiger partial charge in [-0.05, 0) is 42.4 Å². The second-order valence-corrected chi connectivity index (χ2v) is 7.62. The standard InChI is InChI=1S/C21H22F3N3O/c22-21(23,24)17-10-19(12-25-11-17)27-8-7-18(13-27)26-20(28)9-14-1-3-15(4-2-14)16-5-6-16/h1-4,10-12,16,18H,5-9,13H2,(H,26,28). The predicted octanol–water partition coefficient (Wildman–Crippen LogP) is 3.92. The summed E-state index contributed by atoms with van der Waals surface area (Å²) in [6.07, 6.45) is 1.35. The number of nitrogens with one attached hydrogen (secondary N) is 1. The topological polar surface area (TPSA) is 45.2 Å². The minimum atomic E-state index is -4.41. The number of anilines is 1. The second kappa shape index (κ2) is 7.45. The fourth-order valence-electron chi connectivity index (χ4n) is 3.66. The first kappa shape index (κ1) is 18.8. The van der Waals surface area contributed by atoms with Gasteiger partial charge < -0.3 is 10.2 Å². The van der Waals surface area contributed by atoms with Gasteiger partial charge in [0, 0.05) is 25.3 Å². The first-order valence-corrected chi connectivity index (χ1v) is 9.54. The molecule has 0 radical (unpaired) electrons. The Balaban J connectivity index is 1.31. The van der Waals surface area contributed by atoms with Crippen LogP contribution < -0.4 is 10.2 Å². The van der Waals surface area contributed by atoms with Crippen molar-refractivity contribution >= 4 is 11.6 Å². The third-order valence-electron chi connectivity index (χ3n) is 5.36. The first-order chi connectivity index (χ1) is 13.4. The number of hydrogen-bond donors (Lipinski definition) is 1. The molecule has 148 valence electrons. The van der Waals surface area contributed by atoms with Crippen LogP contribution in [0.3, 0.4) is 0 Å². The minimum Gasteiger partial charge on any atom is -0.368 e. The maximum Gasteiger partial charge on any atom is 0.417 e. The average molecular weight is 389 g/mol. The predicted molar refractivity (Wildman–Crippen MR) is 100 cm³/mol. The highest BCUT2D eigenvalue weighted by molar-refractivity contribution is 5.79. The average Bonchev–Trinajstić information content (AvgIpc) is 3.41. The van der Waals surface area contributed by atoms with Gasteiger partial charge in [-0.2, -0.15) is 13.2 Å². The molecule has 1 aromatic heterocycles. The summed E-state index contributed by atoms with van der Waals surface area (Å²) in [5.74, 6) is 0.630. The number of alkyl halides is 3. The van der Waals surface area contributed by atoms with Crippen molar-refractivity contribution in [1.29, 1.82) is 0 Å². The van der Waals surface area contributed by atoms with Crippen molar-refractivity contribution in [3.8, 4) is 0 Å². The van der Waals surface area contributed by atoms with E-state index >= 15 is 0 Å². The molecule has 28 heavy (non-hydrogen) atoms. The Kier molecular flexibility index (Phi) is 5.00. The first-order valence-electron chi connectivity index (χ1n) is 9.54. The Bertz CT molecular complexity index is 847. The van der Waals surface area contributed by atoms with Gasteiger partial charge in [0.15, 0.2) is 0 Å². The number of carbonyl (C=O) groups is 1. The van der Waals surface area contributed by atoms with Crippen molar-refractivity contribution in [2.75, 3.05) is 18.0 Å². The van der Waals surface area contributed by atoms with Gasteiger partial charge in [-0.3, -0.25) is 9.78 Å². The summed E-state index contributed by atoms with van der Waals surface area (Å²) in [6.45, 7) is 1.07. The van der Waals surface area contributed by atoms with Gasteiger partial charge in [-0.25, -0.2) is 0 Å². The normalized spacial score (nSPS) is 19.7. The van der Waals surface area contributed by atoms with Crippen LogP contribution >= 0.6 is 0 Å². The van der Waals surface area contributed by atoms with E-state index in [9.17, 15) is 18.0 Å². The molecule has 2 aliphatic rings. The van der Waals surface area contributed by atoms with Gasteiger partial charge in [0.2, 0.25) is 5.91 Å². The third kappa shape index (κ3) is 4.46. The Hall–Kier alpha value is -2.57. The zero-order valence-corrected chi connectivity index (χ0v) is 15.4. The smallest absolute Gasteiger partial charge is 0.368 e. The molecule has 1 aromatic carbocycles. The zero-order chi connectivity index (χ0) is 19.7. The monoisotopic (exact) mass is 389 g/mol. The van der Waals surface area contributed by atoms with Crippen molar-refractivity contribution in [3.63, 3.8) is 0 Å². The molecule has 1 atom stereocenters. The van der Waals surface area contributed by atoms with E-state index in [0.717, 1.165) is 17.8 Å². The van der Waals surface area contributed by atoms with E-state index in [4.69, 9.17) is 0 Å². The van der Waals surface area contributed by atoms with Gasteiger partial charge in [0.05, 0.1) is 23.9 Å². The van der Waals surface area contributed by atoms with Gasteiger partial charge in [-0.15, -0.1) is 0 Å². The van der Waals surface area contributed by atoms with Crippen molar-refractivity contribution in [2.45, 2.75) is 43.8 Å². The number of carbonyl (C=O) groups excluding carboxylic acids is 1. The molecule has 1 aliphatic carbocycles. The second-order valence-electron chi connectivity index (χ2n) is 7.62. The number of halogens is 3. The molecule has 1 saturated carbocycles. The quantitative estimate of drug-likeness (QED) is 0.843. The van der Waals surface area contributed by atoms with Crippen LogP contribution in [-0.4, -0.2) is 30.0 Å². The van der Waals surface area contributed by atoms with Crippen molar-refractivity contribution < 1.29 is 18.0 Å². The summed E-state index contributed by atoms with van der Waals surface area (Å²) in [5.41, 5.74) is 1.98. The van der Waals surface area contributed by atoms with Crippen LogP contribution in [0.15, 0.2) is 42.7 Å². The molecule has 1 unspecified atom stereocenters. The lowest BCUT2D eigenvalue weighted by molar-refractivity contribution is -0.137. The van der Waals surface area contributed by atoms with E-state index < -0.39 is 11.7 Å². The van der Waals surface area contributed by atoms with Crippen LogP contribution in [0.2, 0.25) is 0 Å². The van der Waals surface area contributed by atoms with Crippen LogP contribution in [0.4, 0.5) is 18.9 Å². The molecule has 2 heterocycles. The lowest BCUT2D eigenvalue weighted by atomic mass is 10.1. The fraction of sp³-hybridized carbons (Fsp3) is 0.429. The number of pyridine rings is 1. The van der Waals surface area contributed by atoms with E-state index in [2.05, 4.69) is 22.4 Å². The number of hydrogen-bond acceptors (Lipinski definition) is 3. The number of rotatable bonds is 5. The molecule has 1 amide bonds. The molecule has 2 fully saturated rings. The molecule has 1 N–H and O–H groups in total. The Morgan fingerprint density at radius 2 is 1.89 bits per heavy atom. The molecule has 0 bridgehead atoms. The van der Waals surface area contributed by atoms with Crippen LogP contribution in [0.1, 0.15) is 41.9 Å². The minimum absolute atomic E-state index is 0.0619. The molecule has 1 saturated heterocycles. The largest absolute Gasteiger partial charge is 0.417 e. The fourth-order valence-corrected chi connectivity index (χ4v) is 3.66. The molecule has 0 spiro atoms. The van der Waals surface area contributed by atoms with Crippen LogP contribution in [0.25, 0.3) is 0 Å². The van der Waals surface area contributed by atoms with E-state index in [1.807, 2.05) is 17.0 Å². The molecular weight excluding hydrogens is 367 g/mol. The summed E-state index contributed by atoms with van der Waals surface area (Å²) < 4.78 is 38.6. The van der Waals surface area contributed by atoms with Crippen molar-refractivity contribution in [3.05, 3.63) is 59.4 Å². The van der Waals surface area contributed by atoms with E-state index in [-0.39, 0.29) is 11.9 Å². The zero-order valence-electron chi connectivity index (χ0n) is 15.4.